The molecule has 0 bridgehead atoms. The Hall–Kier alpha value is -2.67. The highest BCUT2D eigenvalue weighted by Gasteiger charge is 2.07. The summed E-state index contributed by atoms with van der Waals surface area (Å²) in [6.07, 6.45) is -0.769. The molecule has 0 heterocycles. The molecule has 1 atom stereocenters. The Kier molecular flexibility index (Phi) is 7.82. The van der Waals surface area contributed by atoms with Gasteiger partial charge in [-0.2, -0.15) is 0 Å². The lowest BCUT2D eigenvalue weighted by Gasteiger charge is -2.16. The van der Waals surface area contributed by atoms with Crippen molar-refractivity contribution in [2.24, 2.45) is 4.99 Å². The third-order valence-corrected chi connectivity index (χ3v) is 3.44. The fourth-order valence-corrected chi connectivity index (χ4v) is 2.10. The molecule has 0 saturated heterocycles. The summed E-state index contributed by atoms with van der Waals surface area (Å²) >= 11 is 0. The van der Waals surface area contributed by atoms with E-state index in [1.165, 1.54) is 36.4 Å². The summed E-state index contributed by atoms with van der Waals surface area (Å²) in [6.45, 7) is 3.28. The second kappa shape index (κ2) is 10.4. The van der Waals surface area contributed by atoms with E-state index in [0.717, 1.165) is 5.56 Å². The van der Waals surface area contributed by atoms with Gasteiger partial charge in [-0.3, -0.25) is 0 Å². The largest absolute Gasteiger partial charge is 0.491 e. The first-order valence-electron chi connectivity index (χ1n) is 8.40. The maximum absolute atomic E-state index is 12.9. The van der Waals surface area contributed by atoms with Crippen LogP contribution in [-0.4, -0.2) is 36.9 Å². The van der Waals surface area contributed by atoms with Crippen molar-refractivity contribution in [2.45, 2.75) is 19.6 Å². The zero-order chi connectivity index (χ0) is 18.8. The van der Waals surface area contributed by atoms with Crippen LogP contribution >= 0.6 is 0 Å². The predicted molar refractivity (Wildman–Crippen MR) is 97.1 cm³/mol. The van der Waals surface area contributed by atoms with Crippen LogP contribution in [0.25, 0.3) is 0 Å². The number of hydrogen-bond donors (Lipinski definition) is 3. The second-order valence-electron chi connectivity index (χ2n) is 5.62. The quantitative estimate of drug-likeness (QED) is 0.498. The van der Waals surface area contributed by atoms with E-state index in [9.17, 15) is 13.9 Å². The van der Waals surface area contributed by atoms with E-state index in [1.807, 2.05) is 6.92 Å². The molecule has 1 unspecified atom stereocenters. The molecule has 0 aliphatic rings. The average molecular weight is 363 g/mol. The minimum absolute atomic E-state index is 0.0655. The summed E-state index contributed by atoms with van der Waals surface area (Å²) < 4.78 is 31.1. The lowest BCUT2D eigenvalue weighted by molar-refractivity contribution is 0.110. The van der Waals surface area contributed by atoms with Gasteiger partial charge in [0.25, 0.3) is 0 Å². The minimum Gasteiger partial charge on any atom is -0.491 e. The molecule has 26 heavy (non-hydrogen) atoms. The monoisotopic (exact) mass is 363 g/mol. The Morgan fingerprint density at radius 3 is 2.27 bits per heavy atom. The summed E-state index contributed by atoms with van der Waals surface area (Å²) in [5, 5.41) is 16.1. The van der Waals surface area contributed by atoms with Crippen LogP contribution in [-0.2, 0) is 6.54 Å². The van der Waals surface area contributed by atoms with E-state index < -0.39 is 6.10 Å². The van der Waals surface area contributed by atoms with Gasteiger partial charge in [0.15, 0.2) is 5.96 Å². The zero-order valence-corrected chi connectivity index (χ0v) is 14.6. The van der Waals surface area contributed by atoms with E-state index in [1.54, 1.807) is 12.1 Å². The highest BCUT2D eigenvalue weighted by Crippen LogP contribution is 2.11. The highest BCUT2D eigenvalue weighted by molar-refractivity contribution is 5.79. The summed E-state index contributed by atoms with van der Waals surface area (Å²) in [5.41, 5.74) is 0.879. The topological polar surface area (TPSA) is 65.9 Å². The van der Waals surface area contributed by atoms with Crippen LogP contribution in [0.3, 0.4) is 0 Å². The molecule has 0 saturated carbocycles. The van der Waals surface area contributed by atoms with Crippen molar-refractivity contribution in [2.75, 3.05) is 19.7 Å². The Bertz CT molecular complexity index is 691. The van der Waals surface area contributed by atoms with Crippen molar-refractivity contribution in [3.63, 3.8) is 0 Å². The van der Waals surface area contributed by atoms with Gasteiger partial charge in [0.05, 0.1) is 6.54 Å². The van der Waals surface area contributed by atoms with Crippen molar-refractivity contribution in [3.8, 4) is 5.75 Å². The van der Waals surface area contributed by atoms with Gasteiger partial charge in [0.1, 0.15) is 30.1 Å². The first-order chi connectivity index (χ1) is 12.6. The van der Waals surface area contributed by atoms with Crippen molar-refractivity contribution in [1.82, 2.24) is 10.6 Å². The molecule has 2 rings (SSSR count). The number of rotatable bonds is 8. The Morgan fingerprint density at radius 1 is 1.04 bits per heavy atom. The molecule has 0 amide bonds. The molecule has 2 aromatic carbocycles. The molecule has 7 heteroatoms. The molecule has 0 aliphatic heterocycles. The number of halogens is 2. The normalized spacial score (nSPS) is 12.5. The molecule has 0 fully saturated rings. The second-order valence-corrected chi connectivity index (χ2v) is 5.62. The lowest BCUT2D eigenvalue weighted by Crippen LogP contribution is -2.42. The molecule has 0 radical (unpaired) electrons. The van der Waals surface area contributed by atoms with Gasteiger partial charge in [0.2, 0.25) is 0 Å². The molecular formula is C19H23F2N3O2. The third kappa shape index (κ3) is 7.06. The predicted octanol–water partition coefficient (Wildman–Crippen LogP) is 2.46. The summed E-state index contributed by atoms with van der Waals surface area (Å²) in [6, 6.07) is 11.7. The zero-order valence-electron chi connectivity index (χ0n) is 14.6. The molecular weight excluding hydrogens is 340 g/mol. The Morgan fingerprint density at radius 2 is 1.65 bits per heavy atom. The summed E-state index contributed by atoms with van der Waals surface area (Å²) in [7, 11) is 0. The Labute approximate surface area is 151 Å². The molecule has 0 aliphatic carbocycles. The molecule has 3 N–H and O–H groups in total. The van der Waals surface area contributed by atoms with E-state index >= 15 is 0 Å². The molecule has 0 aromatic heterocycles. The highest BCUT2D eigenvalue weighted by atomic mass is 19.1. The molecule has 0 spiro atoms. The minimum atomic E-state index is -0.769. The maximum atomic E-state index is 12.9. The summed E-state index contributed by atoms with van der Waals surface area (Å²) in [4.78, 5) is 4.39. The molecule has 140 valence electrons. The van der Waals surface area contributed by atoms with Gasteiger partial charge in [-0.15, -0.1) is 0 Å². The van der Waals surface area contributed by atoms with Gasteiger partial charge in [-0.1, -0.05) is 12.1 Å². The number of aliphatic imine (C=N–C) groups is 1. The smallest absolute Gasteiger partial charge is 0.191 e. The molecule has 5 nitrogen and oxygen atoms in total. The number of aliphatic hydroxyl groups is 1. The van der Waals surface area contributed by atoms with E-state index in [4.69, 9.17) is 4.74 Å². The third-order valence-electron chi connectivity index (χ3n) is 3.44. The number of aliphatic hydroxyl groups excluding tert-OH is 1. The van der Waals surface area contributed by atoms with Crippen LogP contribution < -0.4 is 15.4 Å². The van der Waals surface area contributed by atoms with Crippen LogP contribution in [0.4, 0.5) is 8.78 Å². The Balaban J connectivity index is 1.79. The number of benzene rings is 2. The van der Waals surface area contributed by atoms with Crippen LogP contribution in [0.2, 0.25) is 0 Å². The van der Waals surface area contributed by atoms with Crippen molar-refractivity contribution in [3.05, 3.63) is 65.7 Å². The number of ether oxygens (including phenoxy) is 1. The standard InChI is InChI=1S/C19H23F2N3O2/c1-2-22-19(23-11-14-3-5-15(20)6-4-14)24-12-17(25)13-26-18-9-7-16(21)8-10-18/h3-10,17,25H,2,11-13H2,1H3,(H2,22,23,24). The SMILES string of the molecule is CCNC(=NCc1ccc(F)cc1)NCC(O)COc1ccc(F)cc1. The molecule has 2 aromatic rings. The number of nitrogens with zero attached hydrogens (tertiary/aromatic N) is 1. The maximum Gasteiger partial charge on any atom is 0.191 e. The number of guanidine groups is 1. The van der Waals surface area contributed by atoms with E-state index in [0.29, 0.717) is 24.8 Å². The van der Waals surface area contributed by atoms with Crippen LogP contribution in [0.5, 0.6) is 5.75 Å². The number of hydrogen-bond acceptors (Lipinski definition) is 3. The van der Waals surface area contributed by atoms with Gasteiger partial charge in [0, 0.05) is 13.1 Å². The van der Waals surface area contributed by atoms with E-state index in [2.05, 4.69) is 15.6 Å². The lowest BCUT2D eigenvalue weighted by atomic mass is 10.2. The van der Waals surface area contributed by atoms with Crippen molar-refractivity contribution < 1.29 is 18.6 Å². The van der Waals surface area contributed by atoms with Crippen LogP contribution in [0.15, 0.2) is 53.5 Å². The van der Waals surface area contributed by atoms with Crippen molar-refractivity contribution >= 4 is 5.96 Å². The fraction of sp³-hybridized carbons (Fsp3) is 0.316. The summed E-state index contributed by atoms with van der Waals surface area (Å²) in [5.74, 6) is 0.402. The first-order valence-corrected chi connectivity index (χ1v) is 8.40. The average Bonchev–Trinajstić information content (AvgIpc) is 2.65. The first kappa shape index (κ1) is 19.7. The fourth-order valence-electron chi connectivity index (χ4n) is 2.10. The van der Waals surface area contributed by atoms with E-state index in [-0.39, 0.29) is 24.8 Å². The van der Waals surface area contributed by atoms with Gasteiger partial charge in [-0.05, 0) is 48.9 Å². The van der Waals surface area contributed by atoms with Crippen LogP contribution in [0.1, 0.15) is 12.5 Å². The van der Waals surface area contributed by atoms with Crippen molar-refractivity contribution in [1.29, 1.82) is 0 Å². The van der Waals surface area contributed by atoms with Gasteiger partial charge >= 0.3 is 0 Å². The van der Waals surface area contributed by atoms with Crippen LogP contribution in [0, 0.1) is 11.6 Å². The van der Waals surface area contributed by atoms with Gasteiger partial charge in [-0.25, -0.2) is 13.8 Å². The van der Waals surface area contributed by atoms with Gasteiger partial charge < -0.3 is 20.5 Å². The number of nitrogens with one attached hydrogen (secondary N) is 2.